The molecular formula is C14H28ClN3O2. The van der Waals surface area contributed by atoms with Crippen molar-refractivity contribution in [1.29, 1.82) is 0 Å². The number of nitrogens with one attached hydrogen (secondary N) is 1. The molecule has 1 saturated heterocycles. The van der Waals surface area contributed by atoms with Gasteiger partial charge >= 0.3 is 0 Å². The molecule has 0 saturated carbocycles. The number of hydrogen-bond acceptors (Lipinski definition) is 3. The van der Waals surface area contributed by atoms with Crippen LogP contribution in [-0.2, 0) is 9.59 Å². The molecule has 6 heteroatoms. The molecule has 118 valence electrons. The minimum atomic E-state index is -0.377. The number of rotatable bonds is 4. The highest BCUT2D eigenvalue weighted by molar-refractivity contribution is 5.85. The van der Waals surface area contributed by atoms with Crippen LogP contribution in [0.25, 0.3) is 0 Å². The lowest BCUT2D eigenvalue weighted by Gasteiger charge is -2.35. The van der Waals surface area contributed by atoms with Gasteiger partial charge < -0.3 is 16.0 Å². The molecule has 1 fully saturated rings. The zero-order valence-electron chi connectivity index (χ0n) is 12.8. The predicted molar refractivity (Wildman–Crippen MR) is 82.7 cm³/mol. The van der Waals surface area contributed by atoms with Crippen LogP contribution in [0, 0.1) is 11.3 Å². The van der Waals surface area contributed by atoms with E-state index in [1.54, 1.807) is 0 Å². The number of hydrogen-bond donors (Lipinski definition) is 2. The zero-order valence-corrected chi connectivity index (χ0v) is 13.6. The number of halogens is 1. The van der Waals surface area contributed by atoms with Gasteiger partial charge in [0.2, 0.25) is 11.8 Å². The molecule has 0 spiro atoms. The van der Waals surface area contributed by atoms with Gasteiger partial charge in [0.1, 0.15) is 0 Å². The lowest BCUT2D eigenvalue weighted by atomic mass is 9.91. The maximum Gasteiger partial charge on any atom is 0.227 e. The van der Waals surface area contributed by atoms with Crippen molar-refractivity contribution < 1.29 is 9.59 Å². The Labute approximate surface area is 128 Å². The quantitative estimate of drug-likeness (QED) is 0.765. The van der Waals surface area contributed by atoms with Crippen molar-refractivity contribution in [3.05, 3.63) is 0 Å². The molecule has 0 aromatic heterocycles. The highest BCUT2D eigenvalue weighted by Gasteiger charge is 2.33. The highest BCUT2D eigenvalue weighted by atomic mass is 35.5. The second kappa shape index (κ2) is 8.47. The second-order valence-electron chi connectivity index (χ2n) is 6.27. The average molecular weight is 306 g/mol. The van der Waals surface area contributed by atoms with Gasteiger partial charge in [0.25, 0.3) is 0 Å². The van der Waals surface area contributed by atoms with Crippen LogP contribution >= 0.6 is 12.4 Å². The van der Waals surface area contributed by atoms with E-state index in [4.69, 9.17) is 5.73 Å². The minimum absolute atomic E-state index is 0. The maximum absolute atomic E-state index is 12.2. The lowest BCUT2D eigenvalue weighted by Crippen LogP contribution is -2.48. The fraction of sp³-hybridized carbons (Fsp3) is 0.857. The fourth-order valence-electron chi connectivity index (χ4n) is 2.31. The first-order valence-corrected chi connectivity index (χ1v) is 7.13. The zero-order chi connectivity index (χ0) is 14.5. The van der Waals surface area contributed by atoms with Crippen molar-refractivity contribution >= 4 is 24.2 Å². The van der Waals surface area contributed by atoms with Crippen molar-refractivity contribution in [1.82, 2.24) is 10.2 Å². The summed E-state index contributed by atoms with van der Waals surface area (Å²) in [6.45, 7) is 8.27. The van der Waals surface area contributed by atoms with Crippen LogP contribution in [0.2, 0.25) is 0 Å². The molecule has 1 rings (SSSR count). The summed E-state index contributed by atoms with van der Waals surface area (Å²) in [6.07, 6.45) is 2.56. The molecule has 5 nitrogen and oxygen atoms in total. The second-order valence-corrected chi connectivity index (χ2v) is 6.27. The first kappa shape index (κ1) is 19.2. The number of piperidine rings is 1. The highest BCUT2D eigenvalue weighted by Crippen LogP contribution is 2.23. The molecule has 1 unspecified atom stereocenters. The third-order valence-electron chi connectivity index (χ3n) is 3.40. The van der Waals surface area contributed by atoms with E-state index >= 15 is 0 Å². The minimum Gasteiger partial charge on any atom is -0.356 e. The first-order chi connectivity index (χ1) is 8.86. The molecule has 1 atom stereocenters. The third kappa shape index (κ3) is 5.67. The van der Waals surface area contributed by atoms with E-state index in [0.717, 1.165) is 25.8 Å². The van der Waals surface area contributed by atoms with Crippen LogP contribution in [0.3, 0.4) is 0 Å². The van der Waals surface area contributed by atoms with E-state index < -0.39 is 0 Å². The van der Waals surface area contributed by atoms with Crippen LogP contribution in [0.15, 0.2) is 0 Å². The Balaban J connectivity index is 0.00000361. The summed E-state index contributed by atoms with van der Waals surface area (Å²) < 4.78 is 0. The Morgan fingerprint density at radius 1 is 1.35 bits per heavy atom. The van der Waals surface area contributed by atoms with Gasteiger partial charge in [0.05, 0.1) is 5.92 Å². The van der Waals surface area contributed by atoms with Crippen molar-refractivity contribution in [3.63, 3.8) is 0 Å². The molecule has 1 aliphatic rings. The van der Waals surface area contributed by atoms with Crippen molar-refractivity contribution in [2.24, 2.45) is 17.1 Å². The fourth-order valence-corrected chi connectivity index (χ4v) is 2.31. The van der Waals surface area contributed by atoms with Crippen LogP contribution in [0.5, 0.6) is 0 Å². The van der Waals surface area contributed by atoms with Gasteiger partial charge in [-0.3, -0.25) is 9.59 Å². The van der Waals surface area contributed by atoms with E-state index in [9.17, 15) is 9.59 Å². The molecule has 0 aliphatic carbocycles. The third-order valence-corrected chi connectivity index (χ3v) is 3.40. The van der Waals surface area contributed by atoms with Gasteiger partial charge in [-0.1, -0.05) is 20.8 Å². The summed E-state index contributed by atoms with van der Waals surface area (Å²) >= 11 is 0. The SMILES string of the molecule is CC(C)(C)C(=O)N1CCCC(C(=O)NCCCN)C1.Cl. The van der Waals surface area contributed by atoms with Crippen molar-refractivity contribution in [2.45, 2.75) is 40.0 Å². The van der Waals surface area contributed by atoms with E-state index in [2.05, 4.69) is 5.32 Å². The van der Waals surface area contributed by atoms with Gasteiger partial charge in [-0.15, -0.1) is 12.4 Å². The van der Waals surface area contributed by atoms with Gasteiger partial charge in [0.15, 0.2) is 0 Å². The lowest BCUT2D eigenvalue weighted by molar-refractivity contribution is -0.142. The van der Waals surface area contributed by atoms with Crippen LogP contribution in [0.4, 0.5) is 0 Å². The number of carbonyl (C=O) groups is 2. The van der Waals surface area contributed by atoms with Crippen LogP contribution < -0.4 is 11.1 Å². The number of carbonyl (C=O) groups excluding carboxylic acids is 2. The normalized spacial score (nSPS) is 19.2. The van der Waals surface area contributed by atoms with Gasteiger partial charge in [-0.05, 0) is 25.8 Å². The summed E-state index contributed by atoms with van der Waals surface area (Å²) in [5.41, 5.74) is 5.02. The average Bonchev–Trinajstić information content (AvgIpc) is 2.37. The monoisotopic (exact) mass is 305 g/mol. The Morgan fingerprint density at radius 2 is 2.00 bits per heavy atom. The van der Waals surface area contributed by atoms with E-state index in [1.807, 2.05) is 25.7 Å². The van der Waals surface area contributed by atoms with Gasteiger partial charge in [-0.25, -0.2) is 0 Å². The van der Waals surface area contributed by atoms with Crippen LogP contribution in [0.1, 0.15) is 40.0 Å². The summed E-state index contributed by atoms with van der Waals surface area (Å²) in [4.78, 5) is 26.1. The number of nitrogens with two attached hydrogens (primary N) is 1. The smallest absolute Gasteiger partial charge is 0.227 e. The predicted octanol–water partition coefficient (Wildman–Crippen LogP) is 1.16. The molecule has 20 heavy (non-hydrogen) atoms. The standard InChI is InChI=1S/C14H27N3O2.ClH/c1-14(2,3)13(19)17-9-4-6-11(10-17)12(18)16-8-5-7-15;/h11H,4-10,15H2,1-3H3,(H,16,18);1H. The van der Waals surface area contributed by atoms with Crippen molar-refractivity contribution in [3.8, 4) is 0 Å². The molecule has 1 heterocycles. The summed E-state index contributed by atoms with van der Waals surface area (Å²) in [5.74, 6) is 0.115. The number of nitrogens with zero attached hydrogens (tertiary/aromatic N) is 1. The topological polar surface area (TPSA) is 75.4 Å². The molecule has 1 aliphatic heterocycles. The molecule has 0 radical (unpaired) electrons. The summed E-state index contributed by atoms with van der Waals surface area (Å²) in [7, 11) is 0. The Hall–Kier alpha value is -0.810. The number of amides is 2. The molecule has 3 N–H and O–H groups in total. The summed E-state index contributed by atoms with van der Waals surface area (Å²) in [5, 5.41) is 2.89. The van der Waals surface area contributed by atoms with E-state index in [-0.39, 0.29) is 35.6 Å². The molecular weight excluding hydrogens is 278 g/mol. The van der Waals surface area contributed by atoms with Gasteiger partial charge in [-0.2, -0.15) is 0 Å². The van der Waals surface area contributed by atoms with E-state index in [1.165, 1.54) is 0 Å². The van der Waals surface area contributed by atoms with Crippen molar-refractivity contribution in [2.75, 3.05) is 26.2 Å². The molecule has 0 bridgehead atoms. The largest absolute Gasteiger partial charge is 0.356 e. The molecule has 0 aromatic rings. The van der Waals surface area contributed by atoms with Crippen LogP contribution in [-0.4, -0.2) is 42.9 Å². The number of likely N-dealkylation sites (tertiary alicyclic amines) is 1. The molecule has 2 amide bonds. The van der Waals surface area contributed by atoms with Gasteiger partial charge in [0, 0.05) is 25.0 Å². The van der Waals surface area contributed by atoms with E-state index in [0.29, 0.717) is 19.6 Å². The molecule has 0 aromatic carbocycles. The Bertz CT molecular complexity index is 329. The Kier molecular flexibility index (Phi) is 8.13. The maximum atomic E-state index is 12.2. The Morgan fingerprint density at radius 3 is 2.55 bits per heavy atom. The first-order valence-electron chi connectivity index (χ1n) is 7.13. The summed E-state index contributed by atoms with van der Waals surface area (Å²) in [6, 6.07) is 0.